The quantitative estimate of drug-likeness (QED) is 0.721. The van der Waals surface area contributed by atoms with Crippen LogP contribution in [-0.4, -0.2) is 24.4 Å². The first-order valence-electron chi connectivity index (χ1n) is 5.07. The van der Waals surface area contributed by atoms with E-state index in [1.165, 1.54) is 6.07 Å². The third kappa shape index (κ3) is 1.95. The number of nitrogens with zero attached hydrogens (tertiary/aromatic N) is 1. The van der Waals surface area contributed by atoms with E-state index in [2.05, 4.69) is 10.2 Å². The fraction of sp³-hybridized carbons (Fsp3) is 0.556. The molecule has 0 radical (unpaired) electrons. The van der Waals surface area contributed by atoms with Crippen LogP contribution in [0.4, 0.5) is 5.69 Å². The highest BCUT2D eigenvalue weighted by Gasteiger charge is 2.31. The van der Waals surface area contributed by atoms with Gasteiger partial charge in [-0.1, -0.05) is 6.42 Å². The second-order valence-corrected chi connectivity index (χ2v) is 6.23. The van der Waals surface area contributed by atoms with E-state index in [1.54, 1.807) is 0 Å². The van der Waals surface area contributed by atoms with E-state index < -0.39 is 20.6 Å². The fourth-order valence-corrected chi connectivity index (χ4v) is 3.79. The maximum Gasteiger partial charge on any atom is 0.287 e. The predicted octanol–water partition coefficient (Wildman–Crippen LogP) is -0.00810. The number of aromatic amines is 1. The van der Waals surface area contributed by atoms with Crippen LogP contribution in [0.1, 0.15) is 30.2 Å². The van der Waals surface area contributed by atoms with Gasteiger partial charge in [-0.3, -0.25) is 4.79 Å². The van der Waals surface area contributed by atoms with Gasteiger partial charge in [0.25, 0.3) is 5.56 Å². The summed E-state index contributed by atoms with van der Waals surface area (Å²) in [6.45, 7) is 0. The van der Waals surface area contributed by atoms with E-state index in [-0.39, 0.29) is 11.4 Å². The van der Waals surface area contributed by atoms with Gasteiger partial charge in [-0.25, -0.2) is 13.5 Å². The summed E-state index contributed by atoms with van der Waals surface area (Å²) in [6, 6.07) is 1.35. The van der Waals surface area contributed by atoms with Gasteiger partial charge in [0.05, 0.1) is 11.4 Å². The molecule has 0 saturated carbocycles. The highest BCUT2D eigenvalue weighted by molar-refractivity contribution is 7.91. The van der Waals surface area contributed by atoms with Crippen molar-refractivity contribution in [3.8, 4) is 0 Å². The molecular weight excluding hydrogens is 230 g/mol. The molecule has 0 bridgehead atoms. The van der Waals surface area contributed by atoms with Crippen LogP contribution in [-0.2, 0) is 9.84 Å². The summed E-state index contributed by atoms with van der Waals surface area (Å²) >= 11 is 0. The van der Waals surface area contributed by atoms with Crippen LogP contribution in [0.25, 0.3) is 0 Å². The van der Waals surface area contributed by atoms with Gasteiger partial charge in [-0.15, -0.1) is 0 Å². The molecule has 2 rings (SSSR count). The van der Waals surface area contributed by atoms with E-state index in [1.807, 2.05) is 0 Å². The molecule has 1 saturated heterocycles. The first-order chi connectivity index (χ1) is 7.50. The predicted molar refractivity (Wildman–Crippen MR) is 59.6 cm³/mol. The first-order valence-corrected chi connectivity index (χ1v) is 6.79. The van der Waals surface area contributed by atoms with Gasteiger partial charge in [0.2, 0.25) is 0 Å². The zero-order valence-electron chi connectivity index (χ0n) is 8.64. The number of nitrogen functional groups attached to an aromatic ring is 1. The van der Waals surface area contributed by atoms with Gasteiger partial charge in [0, 0.05) is 0 Å². The normalized spacial score (nSPS) is 24.1. The molecule has 1 unspecified atom stereocenters. The Hall–Kier alpha value is -1.37. The highest BCUT2D eigenvalue weighted by atomic mass is 32.2. The second kappa shape index (κ2) is 3.89. The minimum atomic E-state index is -3.15. The third-order valence-corrected chi connectivity index (χ3v) is 4.96. The molecule has 0 amide bonds. The van der Waals surface area contributed by atoms with E-state index in [0.29, 0.717) is 18.5 Å². The van der Waals surface area contributed by atoms with Gasteiger partial charge in [-0.2, -0.15) is 5.10 Å². The summed E-state index contributed by atoms with van der Waals surface area (Å²) in [7, 11) is -3.15. The number of H-pyrrole nitrogens is 1. The van der Waals surface area contributed by atoms with Crippen molar-refractivity contribution in [2.45, 2.75) is 24.5 Å². The number of hydrogen-bond donors (Lipinski definition) is 2. The Morgan fingerprint density at radius 1 is 1.44 bits per heavy atom. The number of aromatic nitrogens is 2. The Kier molecular flexibility index (Phi) is 2.71. The zero-order valence-corrected chi connectivity index (χ0v) is 9.46. The minimum absolute atomic E-state index is 0.00535. The molecule has 1 aromatic rings. The molecule has 1 aliphatic rings. The number of rotatable bonds is 1. The molecule has 3 N–H and O–H groups in total. The average Bonchev–Trinajstić information content (AvgIpc) is 2.22. The monoisotopic (exact) mass is 243 g/mol. The first kappa shape index (κ1) is 11.1. The standard InChI is InChI=1S/C9H13N3O3S/c10-6-5-7(11-12-9(6)13)8-3-1-2-4-16(8,14)15/h5,8H,1-4H2,(H2,10,11)(H,12,13). The molecule has 88 valence electrons. The average molecular weight is 243 g/mol. The molecule has 1 aromatic heterocycles. The largest absolute Gasteiger partial charge is 0.394 e. The Bertz CT molecular complexity index is 549. The van der Waals surface area contributed by atoms with Crippen molar-refractivity contribution in [1.82, 2.24) is 10.2 Å². The maximum atomic E-state index is 11.8. The van der Waals surface area contributed by atoms with Crippen LogP contribution in [0.3, 0.4) is 0 Å². The van der Waals surface area contributed by atoms with Crippen molar-refractivity contribution in [2.24, 2.45) is 0 Å². The van der Waals surface area contributed by atoms with E-state index in [4.69, 9.17) is 5.73 Å². The molecular formula is C9H13N3O3S. The molecule has 1 aliphatic heterocycles. The maximum absolute atomic E-state index is 11.8. The lowest BCUT2D eigenvalue weighted by Crippen LogP contribution is -2.24. The van der Waals surface area contributed by atoms with Gasteiger partial charge < -0.3 is 5.73 Å². The van der Waals surface area contributed by atoms with Crippen molar-refractivity contribution in [3.63, 3.8) is 0 Å². The van der Waals surface area contributed by atoms with Crippen LogP contribution < -0.4 is 11.3 Å². The lowest BCUT2D eigenvalue weighted by atomic mass is 10.1. The van der Waals surface area contributed by atoms with Crippen molar-refractivity contribution >= 4 is 15.5 Å². The summed E-state index contributed by atoms with van der Waals surface area (Å²) in [5.74, 6) is 0.179. The molecule has 0 aliphatic carbocycles. The molecule has 0 spiro atoms. The van der Waals surface area contributed by atoms with Crippen LogP contribution >= 0.6 is 0 Å². The molecule has 1 atom stereocenters. The Balaban J connectivity index is 2.43. The lowest BCUT2D eigenvalue weighted by Gasteiger charge is -2.21. The number of nitrogens with two attached hydrogens (primary N) is 1. The lowest BCUT2D eigenvalue weighted by molar-refractivity contribution is 0.541. The number of sulfone groups is 1. The summed E-state index contributed by atoms with van der Waals surface area (Å²) < 4.78 is 23.6. The summed E-state index contributed by atoms with van der Waals surface area (Å²) in [5, 5.41) is 5.35. The van der Waals surface area contributed by atoms with Crippen LogP contribution in [0.5, 0.6) is 0 Å². The second-order valence-electron chi connectivity index (χ2n) is 3.93. The number of nitrogens with one attached hydrogen (secondary N) is 1. The topological polar surface area (TPSA) is 106 Å². The van der Waals surface area contributed by atoms with Gasteiger partial charge in [0.1, 0.15) is 10.9 Å². The number of hydrogen-bond acceptors (Lipinski definition) is 5. The Morgan fingerprint density at radius 3 is 2.81 bits per heavy atom. The smallest absolute Gasteiger partial charge is 0.287 e. The third-order valence-electron chi connectivity index (χ3n) is 2.76. The van der Waals surface area contributed by atoms with E-state index >= 15 is 0 Å². The Morgan fingerprint density at radius 2 is 2.19 bits per heavy atom. The summed E-state index contributed by atoms with van der Waals surface area (Å²) in [5.41, 5.74) is 5.30. The van der Waals surface area contributed by atoms with Crippen molar-refractivity contribution in [1.29, 1.82) is 0 Å². The molecule has 7 heteroatoms. The van der Waals surface area contributed by atoms with Crippen LogP contribution in [0, 0.1) is 0 Å². The summed E-state index contributed by atoms with van der Waals surface area (Å²) in [4.78, 5) is 11.0. The molecule has 0 aromatic carbocycles. The van der Waals surface area contributed by atoms with Crippen molar-refractivity contribution in [2.75, 3.05) is 11.5 Å². The molecule has 1 fully saturated rings. The molecule has 6 nitrogen and oxygen atoms in total. The minimum Gasteiger partial charge on any atom is -0.394 e. The van der Waals surface area contributed by atoms with Gasteiger partial charge in [-0.05, 0) is 18.9 Å². The van der Waals surface area contributed by atoms with Crippen molar-refractivity contribution in [3.05, 3.63) is 22.1 Å². The van der Waals surface area contributed by atoms with Crippen LogP contribution in [0.15, 0.2) is 10.9 Å². The Labute approximate surface area is 92.8 Å². The van der Waals surface area contributed by atoms with E-state index in [9.17, 15) is 13.2 Å². The SMILES string of the molecule is Nc1cc(C2CCCCS2(=O)=O)n[nH]c1=O. The van der Waals surface area contributed by atoms with Gasteiger partial charge in [0.15, 0.2) is 9.84 Å². The molecule has 16 heavy (non-hydrogen) atoms. The van der Waals surface area contributed by atoms with E-state index in [0.717, 1.165) is 6.42 Å². The zero-order chi connectivity index (χ0) is 11.8. The highest BCUT2D eigenvalue weighted by Crippen LogP contribution is 2.31. The summed E-state index contributed by atoms with van der Waals surface area (Å²) in [6.07, 6.45) is 2.09. The van der Waals surface area contributed by atoms with Crippen molar-refractivity contribution < 1.29 is 8.42 Å². The van der Waals surface area contributed by atoms with Crippen LogP contribution in [0.2, 0.25) is 0 Å². The number of anilines is 1. The fourth-order valence-electron chi connectivity index (χ4n) is 1.89. The molecule has 2 heterocycles. The van der Waals surface area contributed by atoms with Gasteiger partial charge >= 0.3 is 0 Å².